The molecule has 0 radical (unpaired) electrons. The molecule has 1 heterocycles. The summed E-state index contributed by atoms with van der Waals surface area (Å²) < 4.78 is 0. The molecule has 0 saturated heterocycles. The monoisotopic (exact) mass is 170 g/mol. The molecule has 0 amide bonds. The minimum Gasteiger partial charge on any atom is -0.264 e. The molecule has 0 spiro atoms. The molecule has 0 aliphatic carbocycles. The summed E-state index contributed by atoms with van der Waals surface area (Å²) >= 11 is 5.49. The zero-order valence-corrected chi connectivity index (χ0v) is 6.50. The average Bonchev–Trinajstić information content (AvgIpc) is 1.94. The second-order valence-electron chi connectivity index (χ2n) is 2.02. The van der Waals surface area contributed by atoms with Crippen molar-refractivity contribution in [1.29, 1.82) is 0 Å². The Morgan fingerprint density at radius 2 is 2.36 bits per heavy atom. The zero-order valence-electron chi connectivity index (χ0n) is 5.74. The van der Waals surface area contributed by atoms with Crippen LogP contribution in [0.2, 0.25) is 5.02 Å². The van der Waals surface area contributed by atoms with Gasteiger partial charge < -0.3 is 0 Å². The van der Waals surface area contributed by atoms with E-state index in [1.165, 1.54) is 12.3 Å². The molecule has 0 bridgehead atoms. The first kappa shape index (κ1) is 8.01. The van der Waals surface area contributed by atoms with Crippen LogP contribution in [0.15, 0.2) is 12.3 Å². The topological polar surface area (TPSA) is 56.0 Å². The van der Waals surface area contributed by atoms with Crippen LogP contribution in [-0.2, 0) is 0 Å². The van der Waals surface area contributed by atoms with Crippen molar-refractivity contribution >= 4 is 30.7 Å². The van der Waals surface area contributed by atoms with Gasteiger partial charge in [-0.05, 0) is 0 Å². The highest BCUT2D eigenvalue weighted by Gasteiger charge is 2.10. The third kappa shape index (κ3) is 1.68. The Kier molecular flexibility index (Phi) is 2.09. The lowest BCUT2D eigenvalue weighted by Gasteiger charge is -1.94. The van der Waals surface area contributed by atoms with E-state index in [-0.39, 0.29) is 10.7 Å². The number of nitrogens with zero attached hydrogens (tertiary/aromatic N) is 2. The Hall–Kier alpha value is -1.10. The predicted octanol–water partition coefficient (Wildman–Crippen LogP) is -0.0984. The van der Waals surface area contributed by atoms with E-state index in [1.54, 1.807) is 7.85 Å². The van der Waals surface area contributed by atoms with Crippen molar-refractivity contribution < 1.29 is 4.92 Å². The third-order valence-corrected chi connectivity index (χ3v) is 1.43. The Bertz CT molecular complexity index is 305. The van der Waals surface area contributed by atoms with Crippen LogP contribution in [-0.4, -0.2) is 17.8 Å². The van der Waals surface area contributed by atoms with E-state index < -0.39 is 4.92 Å². The Labute approximate surface area is 68.8 Å². The summed E-state index contributed by atoms with van der Waals surface area (Å²) in [4.78, 5) is 13.5. The van der Waals surface area contributed by atoms with E-state index in [1.807, 2.05) is 0 Å². The maximum atomic E-state index is 10.3. The lowest BCUT2D eigenvalue weighted by molar-refractivity contribution is -0.383. The molecule has 0 unspecified atom stereocenters. The quantitative estimate of drug-likeness (QED) is 0.336. The predicted molar refractivity (Wildman–Crippen MR) is 44.1 cm³/mol. The number of rotatable bonds is 1. The molecule has 1 rings (SSSR count). The van der Waals surface area contributed by atoms with Gasteiger partial charge in [0.05, 0.1) is 15.5 Å². The fourth-order valence-corrected chi connectivity index (χ4v) is 0.834. The van der Waals surface area contributed by atoms with Gasteiger partial charge in [-0.15, -0.1) is 0 Å². The van der Waals surface area contributed by atoms with Crippen molar-refractivity contribution in [2.45, 2.75) is 0 Å². The van der Waals surface area contributed by atoms with Crippen LogP contribution in [0.3, 0.4) is 0 Å². The van der Waals surface area contributed by atoms with Gasteiger partial charge in [0.25, 0.3) is 5.69 Å². The van der Waals surface area contributed by atoms with Crippen molar-refractivity contribution in [3.63, 3.8) is 0 Å². The first-order valence-corrected chi connectivity index (χ1v) is 3.25. The number of hydrogen-bond acceptors (Lipinski definition) is 3. The van der Waals surface area contributed by atoms with Crippen LogP contribution >= 0.6 is 11.6 Å². The highest BCUT2D eigenvalue weighted by molar-refractivity contribution is 6.35. The highest BCUT2D eigenvalue weighted by Crippen LogP contribution is 2.12. The molecule has 6 heteroatoms. The van der Waals surface area contributed by atoms with E-state index in [0.717, 1.165) is 0 Å². The van der Waals surface area contributed by atoms with Crippen LogP contribution in [0.5, 0.6) is 0 Å². The van der Waals surface area contributed by atoms with Crippen LogP contribution in [0, 0.1) is 10.1 Å². The third-order valence-electron chi connectivity index (χ3n) is 1.22. The number of halogens is 1. The second-order valence-corrected chi connectivity index (χ2v) is 2.45. The molecule has 1 aromatic rings. The zero-order chi connectivity index (χ0) is 8.43. The summed E-state index contributed by atoms with van der Waals surface area (Å²) in [5.74, 6) is 0. The van der Waals surface area contributed by atoms with Crippen molar-refractivity contribution in [2.24, 2.45) is 0 Å². The minimum atomic E-state index is -0.506. The van der Waals surface area contributed by atoms with Gasteiger partial charge in [0, 0.05) is 12.3 Å². The van der Waals surface area contributed by atoms with Gasteiger partial charge in [0.15, 0.2) is 7.85 Å². The molecule has 0 atom stereocenters. The number of nitro groups is 1. The van der Waals surface area contributed by atoms with E-state index in [9.17, 15) is 10.1 Å². The van der Waals surface area contributed by atoms with Crippen molar-refractivity contribution in [3.05, 3.63) is 27.4 Å². The maximum absolute atomic E-state index is 10.3. The molecule has 0 aliphatic heterocycles. The SMILES string of the molecule is Bc1ncc(Cl)cc1[N+](=O)[O-]. The molecule has 0 fully saturated rings. The summed E-state index contributed by atoms with van der Waals surface area (Å²) in [5.41, 5.74) is 0.330. The molecular formula is C5H4BClN2O2. The maximum Gasteiger partial charge on any atom is 0.282 e. The highest BCUT2D eigenvalue weighted by atomic mass is 35.5. The van der Waals surface area contributed by atoms with Gasteiger partial charge in [0.1, 0.15) is 0 Å². The normalized spacial score (nSPS) is 9.55. The van der Waals surface area contributed by atoms with Crippen LogP contribution in [0.1, 0.15) is 0 Å². The lowest BCUT2D eigenvalue weighted by atomic mass is 10.0. The molecule has 4 nitrogen and oxygen atoms in total. The number of hydrogen-bond donors (Lipinski definition) is 0. The molecule has 56 valence electrons. The van der Waals surface area contributed by atoms with Gasteiger partial charge >= 0.3 is 0 Å². The van der Waals surface area contributed by atoms with E-state index in [4.69, 9.17) is 11.6 Å². The summed E-state index contributed by atoms with van der Waals surface area (Å²) in [6.45, 7) is 0. The summed E-state index contributed by atoms with van der Waals surface area (Å²) in [7, 11) is 1.56. The molecule has 11 heavy (non-hydrogen) atoms. The lowest BCUT2D eigenvalue weighted by Crippen LogP contribution is -2.12. The van der Waals surface area contributed by atoms with Gasteiger partial charge in [-0.3, -0.25) is 15.1 Å². The van der Waals surface area contributed by atoms with Crippen LogP contribution in [0.25, 0.3) is 0 Å². The summed E-state index contributed by atoms with van der Waals surface area (Å²) in [5, 5.41) is 10.6. The minimum absolute atomic E-state index is 0.0440. The molecule has 0 aliphatic rings. The average molecular weight is 170 g/mol. The molecule has 0 N–H and O–H groups in total. The number of aromatic nitrogens is 1. The van der Waals surface area contributed by atoms with E-state index >= 15 is 0 Å². The first-order valence-electron chi connectivity index (χ1n) is 2.88. The van der Waals surface area contributed by atoms with Gasteiger partial charge in [-0.25, -0.2) is 0 Å². The summed E-state index contributed by atoms with van der Waals surface area (Å²) in [6.07, 6.45) is 1.38. The van der Waals surface area contributed by atoms with Crippen molar-refractivity contribution in [3.8, 4) is 0 Å². The smallest absolute Gasteiger partial charge is 0.264 e. The largest absolute Gasteiger partial charge is 0.282 e. The fourth-order valence-electron chi connectivity index (χ4n) is 0.682. The number of pyridine rings is 1. The standard InChI is InChI=1S/C5H4BClN2O2/c6-5-4(9(10)11)1-3(7)2-8-5/h1-2H,6H2. The van der Waals surface area contributed by atoms with Gasteiger partial charge in [-0.1, -0.05) is 11.6 Å². The molecule has 0 saturated carbocycles. The van der Waals surface area contributed by atoms with Crippen LogP contribution < -0.4 is 5.59 Å². The van der Waals surface area contributed by atoms with Crippen molar-refractivity contribution in [2.75, 3.05) is 0 Å². The summed E-state index contributed by atoms with van der Waals surface area (Å²) in [6, 6.07) is 1.28. The van der Waals surface area contributed by atoms with Crippen LogP contribution in [0.4, 0.5) is 5.69 Å². The molecule has 1 aromatic heterocycles. The van der Waals surface area contributed by atoms with Crippen molar-refractivity contribution in [1.82, 2.24) is 4.98 Å². The molecule has 0 aromatic carbocycles. The van der Waals surface area contributed by atoms with Gasteiger partial charge in [0.2, 0.25) is 0 Å². The Morgan fingerprint density at radius 1 is 1.73 bits per heavy atom. The van der Waals surface area contributed by atoms with Gasteiger partial charge in [-0.2, -0.15) is 0 Å². The first-order chi connectivity index (χ1) is 5.11. The fraction of sp³-hybridized carbons (Fsp3) is 0. The molecular weight excluding hydrogens is 166 g/mol. The Balaban J connectivity index is 3.23. The second kappa shape index (κ2) is 2.88. The Morgan fingerprint density at radius 3 is 2.82 bits per heavy atom. The van der Waals surface area contributed by atoms with E-state index in [2.05, 4.69) is 4.98 Å². The van der Waals surface area contributed by atoms with E-state index in [0.29, 0.717) is 5.59 Å².